The maximum Gasteiger partial charge on any atom is 0.319 e. The minimum atomic E-state index is -2.59. The number of aliphatic imine (C=N–C) groups is 1. The standard InChI is InChI=1S/C17H30F2N6.HI/c1-3-20-17(23-13-15-21-8-12-25(15)16(18)19)22-7-4-9-24-10-5-14(2)6-11-24;/h8,12,14,16H,3-7,9-11,13H2,1-2H3,(H2,20,22,23);1H. The number of rotatable bonds is 8. The summed E-state index contributed by atoms with van der Waals surface area (Å²) < 4.78 is 26.5. The zero-order valence-electron chi connectivity index (χ0n) is 15.6. The molecule has 1 saturated heterocycles. The Morgan fingerprint density at radius 2 is 2.08 bits per heavy atom. The summed E-state index contributed by atoms with van der Waals surface area (Å²) in [5.41, 5.74) is 0. The SMILES string of the molecule is CCNC(=NCc1nccn1C(F)F)NCCCN1CCC(C)CC1.I. The van der Waals surface area contributed by atoms with E-state index >= 15 is 0 Å². The number of imidazole rings is 1. The van der Waals surface area contributed by atoms with Crippen LogP contribution in [-0.2, 0) is 6.54 Å². The smallest absolute Gasteiger partial charge is 0.319 e. The lowest BCUT2D eigenvalue weighted by Gasteiger charge is -2.30. The quantitative estimate of drug-likeness (QED) is 0.258. The summed E-state index contributed by atoms with van der Waals surface area (Å²) in [5.74, 6) is 1.75. The van der Waals surface area contributed by atoms with Crippen molar-refractivity contribution >= 4 is 29.9 Å². The average Bonchev–Trinajstić information content (AvgIpc) is 3.07. The van der Waals surface area contributed by atoms with Gasteiger partial charge in [0.05, 0.1) is 0 Å². The Morgan fingerprint density at radius 3 is 2.73 bits per heavy atom. The lowest BCUT2D eigenvalue weighted by Crippen LogP contribution is -2.39. The molecule has 0 amide bonds. The molecule has 0 saturated carbocycles. The van der Waals surface area contributed by atoms with Gasteiger partial charge in [0.2, 0.25) is 0 Å². The van der Waals surface area contributed by atoms with Gasteiger partial charge in [0.15, 0.2) is 5.96 Å². The highest BCUT2D eigenvalue weighted by atomic mass is 127. The third-order valence-electron chi connectivity index (χ3n) is 4.50. The minimum Gasteiger partial charge on any atom is -0.357 e. The second-order valence-corrected chi connectivity index (χ2v) is 6.53. The van der Waals surface area contributed by atoms with Crippen LogP contribution in [0, 0.1) is 5.92 Å². The highest BCUT2D eigenvalue weighted by molar-refractivity contribution is 14.0. The van der Waals surface area contributed by atoms with Crippen LogP contribution < -0.4 is 10.6 Å². The van der Waals surface area contributed by atoms with E-state index in [1.165, 1.54) is 38.3 Å². The first kappa shape index (κ1) is 23.1. The van der Waals surface area contributed by atoms with Gasteiger partial charge in [0.1, 0.15) is 12.4 Å². The number of halogens is 3. The van der Waals surface area contributed by atoms with E-state index in [1.807, 2.05) is 6.92 Å². The van der Waals surface area contributed by atoms with E-state index in [0.717, 1.165) is 36.5 Å². The number of piperidine rings is 1. The Morgan fingerprint density at radius 1 is 1.35 bits per heavy atom. The molecule has 0 atom stereocenters. The van der Waals surface area contributed by atoms with Crippen LogP contribution in [0.5, 0.6) is 0 Å². The number of hydrogen-bond donors (Lipinski definition) is 2. The fourth-order valence-electron chi connectivity index (χ4n) is 2.93. The van der Waals surface area contributed by atoms with E-state index in [0.29, 0.717) is 5.96 Å². The summed E-state index contributed by atoms with van der Waals surface area (Å²) in [6, 6.07) is 0. The first-order valence-electron chi connectivity index (χ1n) is 9.14. The molecule has 1 fully saturated rings. The van der Waals surface area contributed by atoms with Crippen molar-refractivity contribution in [3.05, 3.63) is 18.2 Å². The number of hydrogen-bond acceptors (Lipinski definition) is 3. The predicted molar refractivity (Wildman–Crippen MR) is 111 cm³/mol. The average molecular weight is 484 g/mol. The van der Waals surface area contributed by atoms with Gasteiger partial charge in [-0.1, -0.05) is 6.92 Å². The highest BCUT2D eigenvalue weighted by Crippen LogP contribution is 2.15. The Bertz CT molecular complexity index is 529. The van der Waals surface area contributed by atoms with Crippen molar-refractivity contribution in [1.82, 2.24) is 25.1 Å². The number of likely N-dealkylation sites (tertiary alicyclic amines) is 1. The van der Waals surface area contributed by atoms with Gasteiger partial charge in [-0.25, -0.2) is 9.98 Å². The molecule has 26 heavy (non-hydrogen) atoms. The number of aromatic nitrogens is 2. The molecule has 1 aromatic rings. The van der Waals surface area contributed by atoms with Crippen LogP contribution in [0.25, 0.3) is 0 Å². The fraction of sp³-hybridized carbons (Fsp3) is 0.765. The van der Waals surface area contributed by atoms with Crippen molar-refractivity contribution in [2.75, 3.05) is 32.7 Å². The summed E-state index contributed by atoms with van der Waals surface area (Å²) in [7, 11) is 0. The molecule has 0 spiro atoms. The molecular weight excluding hydrogens is 453 g/mol. The molecular formula is C17H31F2IN6. The van der Waals surface area contributed by atoms with E-state index in [-0.39, 0.29) is 36.3 Å². The summed E-state index contributed by atoms with van der Waals surface area (Å²) in [5, 5.41) is 6.41. The van der Waals surface area contributed by atoms with Gasteiger partial charge in [0, 0.05) is 25.5 Å². The van der Waals surface area contributed by atoms with Crippen molar-refractivity contribution < 1.29 is 8.78 Å². The van der Waals surface area contributed by atoms with Crippen LogP contribution in [0.3, 0.4) is 0 Å². The van der Waals surface area contributed by atoms with Crippen molar-refractivity contribution in [1.29, 1.82) is 0 Å². The van der Waals surface area contributed by atoms with Gasteiger partial charge in [-0.2, -0.15) is 8.78 Å². The molecule has 0 bridgehead atoms. The molecule has 1 aliphatic rings. The summed E-state index contributed by atoms with van der Waals surface area (Å²) >= 11 is 0. The Labute approximate surface area is 171 Å². The Hall–Kier alpha value is -0.970. The molecule has 1 aliphatic heterocycles. The molecule has 9 heteroatoms. The van der Waals surface area contributed by atoms with E-state index in [4.69, 9.17) is 0 Å². The first-order valence-corrected chi connectivity index (χ1v) is 9.14. The maximum atomic E-state index is 12.8. The van der Waals surface area contributed by atoms with Gasteiger partial charge in [0.25, 0.3) is 0 Å². The third kappa shape index (κ3) is 7.73. The molecule has 6 nitrogen and oxygen atoms in total. The van der Waals surface area contributed by atoms with Crippen molar-refractivity contribution in [2.24, 2.45) is 10.9 Å². The lowest BCUT2D eigenvalue weighted by molar-refractivity contribution is 0.0671. The molecule has 2 heterocycles. The van der Waals surface area contributed by atoms with Crippen molar-refractivity contribution in [3.8, 4) is 0 Å². The third-order valence-corrected chi connectivity index (χ3v) is 4.50. The van der Waals surface area contributed by atoms with E-state index in [2.05, 4.69) is 32.4 Å². The first-order chi connectivity index (χ1) is 12.1. The summed E-state index contributed by atoms with van der Waals surface area (Å²) in [6.45, 7) is 6.81. The number of nitrogens with zero attached hydrogens (tertiary/aromatic N) is 4. The van der Waals surface area contributed by atoms with Gasteiger partial charge >= 0.3 is 6.55 Å². The Kier molecular flexibility index (Phi) is 11.0. The zero-order valence-corrected chi connectivity index (χ0v) is 18.0. The van der Waals surface area contributed by atoms with Crippen LogP contribution in [0.15, 0.2) is 17.4 Å². The molecule has 1 aromatic heterocycles. The monoisotopic (exact) mass is 484 g/mol. The summed E-state index contributed by atoms with van der Waals surface area (Å²) in [4.78, 5) is 10.8. The number of nitrogens with one attached hydrogen (secondary N) is 2. The van der Waals surface area contributed by atoms with E-state index in [1.54, 1.807) is 0 Å². The van der Waals surface area contributed by atoms with Crippen LogP contribution in [-0.4, -0.2) is 53.1 Å². The van der Waals surface area contributed by atoms with Gasteiger partial charge in [-0.15, -0.1) is 24.0 Å². The second kappa shape index (κ2) is 12.4. The normalized spacial score (nSPS) is 16.6. The van der Waals surface area contributed by atoms with Gasteiger partial charge < -0.3 is 15.5 Å². The van der Waals surface area contributed by atoms with Crippen LogP contribution in [0.4, 0.5) is 8.78 Å². The van der Waals surface area contributed by atoms with E-state index < -0.39 is 6.55 Å². The van der Waals surface area contributed by atoms with Crippen LogP contribution in [0.1, 0.15) is 45.5 Å². The van der Waals surface area contributed by atoms with E-state index in [9.17, 15) is 8.78 Å². The fourth-order valence-corrected chi connectivity index (χ4v) is 2.93. The molecule has 0 aromatic carbocycles. The lowest BCUT2D eigenvalue weighted by atomic mass is 9.99. The topological polar surface area (TPSA) is 57.5 Å². The largest absolute Gasteiger partial charge is 0.357 e. The van der Waals surface area contributed by atoms with Crippen LogP contribution >= 0.6 is 24.0 Å². The number of alkyl halides is 2. The molecule has 0 radical (unpaired) electrons. The van der Waals surface area contributed by atoms with Crippen LogP contribution in [0.2, 0.25) is 0 Å². The van der Waals surface area contributed by atoms with Crippen molar-refractivity contribution in [2.45, 2.75) is 46.2 Å². The van der Waals surface area contributed by atoms with Gasteiger partial charge in [-0.05, 0) is 51.7 Å². The second-order valence-electron chi connectivity index (χ2n) is 6.53. The summed E-state index contributed by atoms with van der Waals surface area (Å²) in [6.07, 6.45) is 6.25. The minimum absolute atomic E-state index is 0. The molecule has 0 aliphatic carbocycles. The number of guanidine groups is 1. The highest BCUT2D eigenvalue weighted by Gasteiger charge is 2.15. The van der Waals surface area contributed by atoms with Gasteiger partial charge in [-0.3, -0.25) is 4.57 Å². The Balaban J connectivity index is 0.00000338. The van der Waals surface area contributed by atoms with Crippen molar-refractivity contribution in [3.63, 3.8) is 0 Å². The molecule has 150 valence electrons. The molecule has 0 unspecified atom stereocenters. The molecule has 2 rings (SSSR count). The predicted octanol–water partition coefficient (Wildman–Crippen LogP) is 3.07. The molecule has 2 N–H and O–H groups in total. The zero-order chi connectivity index (χ0) is 18.1. The maximum absolute atomic E-state index is 12.8.